The first kappa shape index (κ1) is 18.9. The number of aromatic nitrogens is 3. The molecule has 0 aliphatic heterocycles. The Balaban J connectivity index is 1.48. The zero-order valence-electron chi connectivity index (χ0n) is 16.1. The van der Waals surface area contributed by atoms with Gasteiger partial charge in [0.2, 0.25) is 0 Å². The van der Waals surface area contributed by atoms with E-state index in [0.29, 0.717) is 28.5 Å². The van der Waals surface area contributed by atoms with E-state index < -0.39 is 0 Å². The van der Waals surface area contributed by atoms with E-state index in [1.807, 2.05) is 13.0 Å². The first-order valence-electron chi connectivity index (χ1n) is 9.49. The van der Waals surface area contributed by atoms with Gasteiger partial charge in [-0.25, -0.2) is 4.39 Å². The Morgan fingerprint density at radius 1 is 1.24 bits per heavy atom. The molecule has 1 fully saturated rings. The second-order valence-corrected chi connectivity index (χ2v) is 7.12. The number of hydrogen-bond acceptors (Lipinski definition) is 4. The normalized spacial score (nSPS) is 12.9. The Morgan fingerprint density at radius 2 is 2.10 bits per heavy atom. The molecule has 1 aliphatic rings. The van der Waals surface area contributed by atoms with Gasteiger partial charge in [0, 0.05) is 23.9 Å². The highest BCUT2D eigenvalue weighted by Crippen LogP contribution is 2.27. The van der Waals surface area contributed by atoms with E-state index in [4.69, 9.17) is 4.74 Å². The van der Waals surface area contributed by atoms with E-state index in [-0.39, 0.29) is 24.5 Å². The molecule has 0 saturated heterocycles. The van der Waals surface area contributed by atoms with Crippen LogP contribution in [0.25, 0.3) is 0 Å². The Morgan fingerprint density at radius 3 is 2.79 bits per heavy atom. The molecule has 2 aromatic heterocycles. The Kier molecular flexibility index (Phi) is 5.39. The Labute approximate surface area is 168 Å². The molecule has 6 heteroatoms. The predicted octanol–water partition coefficient (Wildman–Crippen LogP) is 3.47. The number of hydrogen-bond donors (Lipinski definition) is 0. The summed E-state index contributed by atoms with van der Waals surface area (Å²) in [5.74, 6) is 6.50. The van der Waals surface area contributed by atoms with Crippen molar-refractivity contribution < 1.29 is 9.13 Å². The van der Waals surface area contributed by atoms with Crippen molar-refractivity contribution in [1.29, 1.82) is 0 Å². The third kappa shape index (κ3) is 4.88. The van der Waals surface area contributed by atoms with Crippen LogP contribution >= 0.6 is 0 Å². The molecule has 0 atom stereocenters. The summed E-state index contributed by atoms with van der Waals surface area (Å²) in [6.07, 6.45) is 3.80. The maximum absolute atomic E-state index is 14.3. The molecule has 0 unspecified atom stereocenters. The first-order valence-corrected chi connectivity index (χ1v) is 9.49. The van der Waals surface area contributed by atoms with Gasteiger partial charge in [-0.1, -0.05) is 17.9 Å². The molecule has 3 aromatic rings. The van der Waals surface area contributed by atoms with Gasteiger partial charge in [0.1, 0.15) is 23.9 Å². The van der Waals surface area contributed by atoms with Crippen LogP contribution in [0.4, 0.5) is 4.39 Å². The minimum atomic E-state index is -0.356. The lowest BCUT2D eigenvalue weighted by atomic mass is 10.1. The number of benzene rings is 1. The number of rotatable bonds is 5. The van der Waals surface area contributed by atoms with Gasteiger partial charge in [-0.2, -0.15) is 10.2 Å². The van der Waals surface area contributed by atoms with Gasteiger partial charge >= 0.3 is 0 Å². The molecule has 5 nitrogen and oxygen atoms in total. The van der Waals surface area contributed by atoms with Crippen molar-refractivity contribution in [3.63, 3.8) is 0 Å². The summed E-state index contributed by atoms with van der Waals surface area (Å²) in [4.78, 5) is 12.6. The average molecular weight is 389 g/mol. The number of halogens is 1. The summed E-state index contributed by atoms with van der Waals surface area (Å²) in [7, 11) is 0. The van der Waals surface area contributed by atoms with Crippen molar-refractivity contribution in [2.24, 2.45) is 5.92 Å². The molecule has 0 bridgehead atoms. The van der Waals surface area contributed by atoms with Crippen LogP contribution in [0, 0.1) is 30.5 Å². The Hall–Kier alpha value is -3.46. The lowest BCUT2D eigenvalue weighted by molar-refractivity contribution is 0.298. The smallest absolute Gasteiger partial charge is 0.254 e. The van der Waals surface area contributed by atoms with Crippen LogP contribution in [0.3, 0.4) is 0 Å². The first-order chi connectivity index (χ1) is 14.1. The average Bonchev–Trinajstić information content (AvgIpc) is 3.54. The van der Waals surface area contributed by atoms with E-state index in [1.165, 1.54) is 12.1 Å². The summed E-state index contributed by atoms with van der Waals surface area (Å²) < 4.78 is 21.6. The molecule has 0 N–H and O–H groups in total. The maximum Gasteiger partial charge on any atom is 0.254 e. The topological polar surface area (TPSA) is 57.0 Å². The number of nitrogens with zero attached hydrogens (tertiary/aromatic N) is 3. The van der Waals surface area contributed by atoms with Gasteiger partial charge in [0.05, 0.1) is 12.1 Å². The van der Waals surface area contributed by atoms with Crippen LogP contribution in [0.2, 0.25) is 0 Å². The van der Waals surface area contributed by atoms with Gasteiger partial charge < -0.3 is 9.30 Å². The van der Waals surface area contributed by atoms with Crippen LogP contribution in [0.5, 0.6) is 5.75 Å². The van der Waals surface area contributed by atoms with Crippen molar-refractivity contribution in [3.8, 4) is 17.6 Å². The Bertz CT molecular complexity index is 1140. The second kappa shape index (κ2) is 8.27. The van der Waals surface area contributed by atoms with Gasteiger partial charge in [0.15, 0.2) is 0 Å². The molecule has 0 spiro atoms. The van der Waals surface area contributed by atoms with Crippen molar-refractivity contribution in [1.82, 2.24) is 14.8 Å². The van der Waals surface area contributed by atoms with Crippen molar-refractivity contribution >= 4 is 0 Å². The van der Waals surface area contributed by atoms with Crippen LogP contribution in [0.1, 0.15) is 35.4 Å². The molecule has 0 amide bonds. The third-order valence-corrected chi connectivity index (χ3v) is 4.69. The van der Waals surface area contributed by atoms with E-state index in [1.54, 1.807) is 35.0 Å². The van der Waals surface area contributed by atoms with Gasteiger partial charge in [-0.05, 0) is 55.7 Å². The molecule has 4 rings (SSSR count). The van der Waals surface area contributed by atoms with Crippen LogP contribution in [0.15, 0.2) is 53.5 Å². The van der Waals surface area contributed by atoms with Crippen molar-refractivity contribution in [3.05, 3.63) is 87.3 Å². The molecule has 2 heterocycles. The van der Waals surface area contributed by atoms with E-state index >= 15 is 0 Å². The highest BCUT2D eigenvalue weighted by atomic mass is 19.1. The maximum atomic E-state index is 14.3. The molecular formula is C23H20FN3O2. The molecule has 1 aromatic carbocycles. The zero-order valence-corrected chi connectivity index (χ0v) is 16.1. The van der Waals surface area contributed by atoms with E-state index in [2.05, 4.69) is 22.0 Å². The largest absolute Gasteiger partial charge is 0.487 e. The summed E-state index contributed by atoms with van der Waals surface area (Å²) in [5.41, 5.74) is 2.30. The highest BCUT2D eigenvalue weighted by molar-refractivity contribution is 5.39. The lowest BCUT2D eigenvalue weighted by Gasteiger charge is -2.13. The van der Waals surface area contributed by atoms with Crippen LogP contribution in [-0.2, 0) is 13.2 Å². The molecular weight excluding hydrogens is 369 g/mol. The minimum Gasteiger partial charge on any atom is -0.487 e. The number of pyridine rings is 1. The van der Waals surface area contributed by atoms with Gasteiger partial charge in [0.25, 0.3) is 5.56 Å². The minimum absolute atomic E-state index is 0.211. The fourth-order valence-corrected chi connectivity index (χ4v) is 2.90. The summed E-state index contributed by atoms with van der Waals surface area (Å²) in [5, 5.41) is 7.74. The summed E-state index contributed by atoms with van der Waals surface area (Å²) in [6.45, 7) is 2.33. The predicted molar refractivity (Wildman–Crippen MR) is 107 cm³/mol. The molecule has 1 saturated carbocycles. The van der Waals surface area contributed by atoms with E-state index in [9.17, 15) is 9.18 Å². The molecule has 29 heavy (non-hydrogen) atoms. The van der Waals surface area contributed by atoms with E-state index in [0.717, 1.165) is 18.5 Å². The van der Waals surface area contributed by atoms with Crippen molar-refractivity contribution in [2.75, 3.05) is 0 Å². The van der Waals surface area contributed by atoms with Gasteiger partial charge in [-0.15, -0.1) is 0 Å². The highest BCUT2D eigenvalue weighted by Gasteiger charge is 2.18. The monoisotopic (exact) mass is 389 g/mol. The standard InChI is InChI=1S/C23H20FN3O2/c1-16-11-21(29-15-20-3-2-10-25-26-20)13-23(28)27(16)14-18-7-9-19(22(24)12-18)8-6-17-4-5-17/h2-3,7,9-13,17H,4-5,14-15H2,1H3. The molecule has 1 aliphatic carbocycles. The fourth-order valence-electron chi connectivity index (χ4n) is 2.90. The third-order valence-electron chi connectivity index (χ3n) is 4.69. The van der Waals surface area contributed by atoms with Crippen LogP contribution < -0.4 is 10.3 Å². The van der Waals surface area contributed by atoms with Crippen LogP contribution in [-0.4, -0.2) is 14.8 Å². The lowest BCUT2D eigenvalue weighted by Crippen LogP contribution is -2.22. The summed E-state index contributed by atoms with van der Waals surface area (Å²) >= 11 is 0. The van der Waals surface area contributed by atoms with Gasteiger partial charge in [-0.3, -0.25) is 4.79 Å². The molecule has 146 valence electrons. The zero-order chi connectivity index (χ0) is 20.2. The quantitative estimate of drug-likeness (QED) is 0.627. The number of aryl methyl sites for hydroxylation is 1. The SMILES string of the molecule is Cc1cc(OCc2cccnn2)cc(=O)n1Cc1ccc(C#CC2CC2)c(F)c1. The fraction of sp³-hybridized carbons (Fsp3) is 0.261. The van der Waals surface area contributed by atoms with Crippen molar-refractivity contribution in [2.45, 2.75) is 32.9 Å². The summed E-state index contributed by atoms with van der Waals surface area (Å²) in [6, 6.07) is 11.7. The molecule has 0 radical (unpaired) electrons. The second-order valence-electron chi connectivity index (χ2n) is 7.12. The number of ether oxygens (including phenoxy) is 1.